The van der Waals surface area contributed by atoms with Crippen molar-refractivity contribution in [3.05, 3.63) is 155 Å². The average Bonchev–Trinajstić information content (AvgIpc) is 3.18. The standard InChI is InChI=1S/C39H41N5O5S/c45-28-30-14-16-32(17-15-30)37-36(31-8-3-1-4-9-31)35(27-43-22-24-44(25-23-43)39-40-20-7-21-41-39)48-38(49-37)33-18-12-29(13-19-33)26-42-50(46,47)34-10-5-2-6-11-34/h1-21,35-38,42,45H,22-28H2. The van der Waals surface area contributed by atoms with Gasteiger partial charge < -0.3 is 19.5 Å². The van der Waals surface area contributed by atoms with Gasteiger partial charge in [0.05, 0.1) is 23.7 Å². The Labute approximate surface area is 293 Å². The molecule has 0 amide bonds. The van der Waals surface area contributed by atoms with Crippen molar-refractivity contribution >= 4 is 16.0 Å². The number of anilines is 1. The molecule has 4 unspecified atom stereocenters. The van der Waals surface area contributed by atoms with E-state index in [2.05, 4.69) is 36.6 Å². The molecule has 3 heterocycles. The van der Waals surface area contributed by atoms with Crippen LogP contribution in [0, 0.1) is 0 Å². The van der Waals surface area contributed by atoms with Crippen LogP contribution in [0.1, 0.15) is 46.1 Å². The van der Waals surface area contributed by atoms with E-state index >= 15 is 0 Å². The lowest BCUT2D eigenvalue weighted by molar-refractivity contribution is -0.263. The summed E-state index contributed by atoms with van der Waals surface area (Å²) in [6, 6.07) is 36.2. The fraction of sp³-hybridized carbons (Fsp3) is 0.282. The van der Waals surface area contributed by atoms with Crippen molar-refractivity contribution in [2.75, 3.05) is 37.6 Å². The fourth-order valence-electron chi connectivity index (χ4n) is 6.66. The predicted octanol–water partition coefficient (Wildman–Crippen LogP) is 5.21. The topological polar surface area (TPSA) is 117 Å². The lowest BCUT2D eigenvalue weighted by Crippen LogP contribution is -2.51. The van der Waals surface area contributed by atoms with Crippen molar-refractivity contribution in [3.8, 4) is 0 Å². The van der Waals surface area contributed by atoms with Gasteiger partial charge in [0, 0.05) is 63.1 Å². The first kappa shape index (κ1) is 34.0. The molecule has 2 aliphatic heterocycles. The number of hydrogen-bond donors (Lipinski definition) is 2. The minimum absolute atomic E-state index is 0.0316. The molecule has 10 nitrogen and oxygen atoms in total. The van der Waals surface area contributed by atoms with Gasteiger partial charge in [0.1, 0.15) is 0 Å². The summed E-state index contributed by atoms with van der Waals surface area (Å²) < 4.78 is 42.0. The predicted molar refractivity (Wildman–Crippen MR) is 191 cm³/mol. The summed E-state index contributed by atoms with van der Waals surface area (Å²) in [6.07, 6.45) is 2.35. The van der Waals surface area contributed by atoms with Gasteiger partial charge >= 0.3 is 0 Å². The Morgan fingerprint density at radius 1 is 0.700 bits per heavy atom. The van der Waals surface area contributed by atoms with Crippen LogP contribution >= 0.6 is 0 Å². The number of hydrogen-bond acceptors (Lipinski definition) is 9. The summed E-state index contributed by atoms with van der Waals surface area (Å²) in [5.41, 5.74) is 4.64. The SMILES string of the molecule is O=S(=O)(NCc1ccc(C2OC(CN3CCN(c4ncccn4)CC3)C(c3ccccc3)C(c3ccc(CO)cc3)O2)cc1)c1ccccc1. The summed E-state index contributed by atoms with van der Waals surface area (Å²) in [7, 11) is -3.64. The molecule has 0 aliphatic carbocycles. The lowest BCUT2D eigenvalue weighted by atomic mass is 9.83. The van der Waals surface area contributed by atoms with Gasteiger partial charge in [-0.25, -0.2) is 23.1 Å². The minimum atomic E-state index is -3.64. The highest BCUT2D eigenvalue weighted by Crippen LogP contribution is 2.47. The first-order chi connectivity index (χ1) is 24.5. The number of nitrogens with zero attached hydrogens (tertiary/aromatic N) is 4. The van der Waals surface area contributed by atoms with Crippen molar-refractivity contribution in [2.24, 2.45) is 0 Å². The van der Waals surface area contributed by atoms with E-state index in [9.17, 15) is 13.5 Å². The number of aliphatic hydroxyl groups is 1. The smallest absolute Gasteiger partial charge is 0.240 e. The van der Waals surface area contributed by atoms with Crippen LogP contribution in [-0.4, -0.2) is 67.2 Å². The molecule has 2 N–H and O–H groups in total. The molecule has 5 aromatic rings. The molecule has 2 aliphatic rings. The van der Waals surface area contributed by atoms with Crippen LogP contribution in [0.4, 0.5) is 5.95 Å². The lowest BCUT2D eigenvalue weighted by Gasteiger charge is -2.45. The van der Waals surface area contributed by atoms with E-state index in [0.717, 1.165) is 59.9 Å². The third-order valence-electron chi connectivity index (χ3n) is 9.39. The highest BCUT2D eigenvalue weighted by molar-refractivity contribution is 7.89. The number of nitrogens with one attached hydrogen (secondary N) is 1. The van der Waals surface area contributed by atoms with E-state index in [1.807, 2.05) is 72.8 Å². The van der Waals surface area contributed by atoms with E-state index in [1.54, 1.807) is 42.7 Å². The number of aromatic nitrogens is 2. The highest BCUT2D eigenvalue weighted by Gasteiger charge is 2.42. The van der Waals surface area contributed by atoms with Crippen LogP contribution < -0.4 is 9.62 Å². The normalized spacial score (nSPS) is 21.6. The molecule has 0 saturated carbocycles. The summed E-state index contributed by atoms with van der Waals surface area (Å²) >= 11 is 0. The quantitative estimate of drug-likeness (QED) is 0.193. The van der Waals surface area contributed by atoms with Crippen LogP contribution in [0.5, 0.6) is 0 Å². The second-order valence-corrected chi connectivity index (χ2v) is 14.4. The Morgan fingerprint density at radius 2 is 1.32 bits per heavy atom. The monoisotopic (exact) mass is 691 g/mol. The molecule has 4 atom stereocenters. The van der Waals surface area contributed by atoms with E-state index < -0.39 is 16.3 Å². The molecule has 0 bridgehead atoms. The Balaban J connectivity index is 1.14. The number of rotatable bonds is 11. The maximum absolute atomic E-state index is 12.8. The molecule has 11 heteroatoms. The Hall–Kier alpha value is -4.49. The van der Waals surface area contributed by atoms with E-state index in [0.29, 0.717) is 6.54 Å². The first-order valence-corrected chi connectivity index (χ1v) is 18.4. The van der Waals surface area contributed by atoms with Crippen molar-refractivity contribution in [2.45, 2.75) is 42.5 Å². The van der Waals surface area contributed by atoms with Gasteiger partial charge in [0.2, 0.25) is 16.0 Å². The minimum Gasteiger partial charge on any atom is -0.392 e. The molecule has 258 valence electrons. The number of ether oxygens (including phenoxy) is 2. The number of sulfonamides is 1. The third kappa shape index (κ3) is 7.94. The highest BCUT2D eigenvalue weighted by atomic mass is 32.2. The molecular weight excluding hydrogens is 651 g/mol. The molecule has 0 spiro atoms. The first-order valence-electron chi connectivity index (χ1n) is 16.9. The second kappa shape index (κ2) is 15.6. The second-order valence-electron chi connectivity index (χ2n) is 12.6. The molecule has 2 saturated heterocycles. The maximum atomic E-state index is 12.8. The average molecular weight is 692 g/mol. The summed E-state index contributed by atoms with van der Waals surface area (Å²) in [4.78, 5) is 13.8. The summed E-state index contributed by atoms with van der Waals surface area (Å²) in [6.45, 7) is 4.14. The van der Waals surface area contributed by atoms with Gasteiger partial charge in [-0.05, 0) is 40.5 Å². The van der Waals surface area contributed by atoms with Gasteiger partial charge in [-0.3, -0.25) is 4.90 Å². The fourth-order valence-corrected chi connectivity index (χ4v) is 7.70. The van der Waals surface area contributed by atoms with Crippen molar-refractivity contribution in [1.82, 2.24) is 19.6 Å². The zero-order chi connectivity index (χ0) is 34.3. The molecule has 0 radical (unpaired) electrons. The van der Waals surface area contributed by atoms with Gasteiger partial charge in [0.25, 0.3) is 0 Å². The summed E-state index contributed by atoms with van der Waals surface area (Å²) in [5.74, 6) is 0.647. The van der Waals surface area contributed by atoms with Crippen LogP contribution in [0.2, 0.25) is 0 Å². The van der Waals surface area contributed by atoms with Crippen LogP contribution in [0.25, 0.3) is 0 Å². The van der Waals surface area contributed by atoms with E-state index in [4.69, 9.17) is 9.47 Å². The summed E-state index contributed by atoms with van der Waals surface area (Å²) in [5, 5.41) is 9.73. The van der Waals surface area contributed by atoms with Crippen molar-refractivity contribution in [1.29, 1.82) is 0 Å². The maximum Gasteiger partial charge on any atom is 0.240 e. The van der Waals surface area contributed by atoms with Crippen LogP contribution in [0.15, 0.2) is 133 Å². The molecule has 50 heavy (non-hydrogen) atoms. The van der Waals surface area contributed by atoms with Crippen molar-refractivity contribution < 1.29 is 23.0 Å². The Morgan fingerprint density at radius 3 is 1.98 bits per heavy atom. The van der Waals surface area contributed by atoms with Gasteiger partial charge in [-0.2, -0.15) is 0 Å². The number of benzene rings is 4. The zero-order valence-corrected chi connectivity index (χ0v) is 28.5. The molecule has 2 fully saturated rings. The van der Waals surface area contributed by atoms with Crippen LogP contribution in [-0.2, 0) is 32.6 Å². The zero-order valence-electron chi connectivity index (χ0n) is 27.7. The molecule has 7 rings (SSSR count). The molecule has 4 aromatic carbocycles. The van der Waals surface area contributed by atoms with Crippen LogP contribution in [0.3, 0.4) is 0 Å². The Kier molecular flexibility index (Phi) is 10.6. The van der Waals surface area contributed by atoms with E-state index in [-0.39, 0.29) is 36.2 Å². The van der Waals surface area contributed by atoms with Gasteiger partial charge in [-0.15, -0.1) is 0 Å². The van der Waals surface area contributed by atoms with E-state index in [1.165, 1.54) is 0 Å². The Bertz CT molecular complexity index is 1910. The van der Waals surface area contributed by atoms with Crippen molar-refractivity contribution in [3.63, 3.8) is 0 Å². The molecule has 1 aromatic heterocycles. The third-order valence-corrected chi connectivity index (χ3v) is 10.8. The number of piperazine rings is 1. The largest absolute Gasteiger partial charge is 0.392 e. The van der Waals surface area contributed by atoms with Gasteiger partial charge in [0.15, 0.2) is 6.29 Å². The number of aliphatic hydroxyl groups excluding tert-OH is 1. The van der Waals surface area contributed by atoms with Gasteiger partial charge in [-0.1, -0.05) is 97.1 Å². The molecular formula is C39H41N5O5S.